The second kappa shape index (κ2) is 10.6. The third kappa shape index (κ3) is 8.05. The summed E-state index contributed by atoms with van der Waals surface area (Å²) >= 11 is 0. The van der Waals surface area contributed by atoms with Crippen molar-refractivity contribution in [2.45, 2.75) is 52.4 Å². The molecular formula is C16H31N3O2. The first-order valence-electron chi connectivity index (χ1n) is 8.39. The molecule has 0 saturated carbocycles. The Kier molecular flexibility index (Phi) is 9.06. The second-order valence-electron chi connectivity index (χ2n) is 6.25. The highest BCUT2D eigenvalue weighted by molar-refractivity contribution is 6.35. The molecule has 21 heavy (non-hydrogen) atoms. The van der Waals surface area contributed by atoms with E-state index in [0.29, 0.717) is 19.6 Å². The van der Waals surface area contributed by atoms with Crippen LogP contribution in [0.25, 0.3) is 0 Å². The van der Waals surface area contributed by atoms with Gasteiger partial charge in [0.2, 0.25) is 0 Å². The van der Waals surface area contributed by atoms with Crippen LogP contribution in [-0.4, -0.2) is 49.4 Å². The molecule has 5 nitrogen and oxygen atoms in total. The molecule has 0 atom stereocenters. The fraction of sp³-hybridized carbons (Fsp3) is 0.875. The second-order valence-corrected chi connectivity index (χ2v) is 6.25. The molecule has 0 bridgehead atoms. The smallest absolute Gasteiger partial charge is 0.311 e. The summed E-state index contributed by atoms with van der Waals surface area (Å²) in [6.07, 6.45) is 6.72. The number of unbranched alkanes of at least 4 members (excludes halogenated alkanes) is 3. The third-order valence-electron chi connectivity index (χ3n) is 3.82. The van der Waals surface area contributed by atoms with Crippen molar-refractivity contribution < 1.29 is 9.59 Å². The Morgan fingerprint density at radius 3 is 2.62 bits per heavy atom. The fourth-order valence-electron chi connectivity index (χ4n) is 2.50. The molecule has 1 aliphatic heterocycles. The van der Waals surface area contributed by atoms with Gasteiger partial charge in [-0.3, -0.25) is 9.59 Å². The minimum absolute atomic E-state index is 0.376. The van der Waals surface area contributed by atoms with Crippen molar-refractivity contribution in [3.63, 3.8) is 0 Å². The molecule has 0 aromatic carbocycles. The summed E-state index contributed by atoms with van der Waals surface area (Å²) in [6.45, 7) is 8.08. The first-order chi connectivity index (χ1) is 10.1. The molecule has 0 aliphatic carbocycles. The minimum atomic E-state index is -0.445. The molecule has 0 radical (unpaired) electrons. The molecule has 122 valence electrons. The summed E-state index contributed by atoms with van der Waals surface area (Å²) in [5.41, 5.74) is 0. The Morgan fingerprint density at radius 1 is 1.10 bits per heavy atom. The van der Waals surface area contributed by atoms with Gasteiger partial charge in [0.1, 0.15) is 0 Å². The predicted octanol–water partition coefficient (Wildman–Crippen LogP) is 1.53. The average Bonchev–Trinajstić information content (AvgIpc) is 2.74. The zero-order valence-corrected chi connectivity index (χ0v) is 13.6. The lowest BCUT2D eigenvalue weighted by atomic mass is 10.0. The maximum atomic E-state index is 12.0. The largest absolute Gasteiger partial charge is 0.348 e. The van der Waals surface area contributed by atoms with E-state index in [2.05, 4.69) is 24.5 Å². The minimum Gasteiger partial charge on any atom is -0.348 e. The average molecular weight is 297 g/mol. The van der Waals surface area contributed by atoms with Crippen LogP contribution in [0.5, 0.6) is 0 Å². The number of amides is 2. The van der Waals surface area contributed by atoms with E-state index in [1.165, 1.54) is 19.3 Å². The van der Waals surface area contributed by atoms with Gasteiger partial charge >= 0.3 is 11.8 Å². The molecule has 0 spiro atoms. The number of hydrogen-bond donors (Lipinski definition) is 2. The molecule has 1 fully saturated rings. The van der Waals surface area contributed by atoms with E-state index in [4.69, 9.17) is 0 Å². The number of carbonyl (C=O) groups excluding carboxylic acids is 2. The highest BCUT2D eigenvalue weighted by Gasteiger charge is 2.21. The zero-order valence-electron chi connectivity index (χ0n) is 13.6. The maximum absolute atomic E-state index is 12.0. The molecular weight excluding hydrogens is 266 g/mol. The number of rotatable bonds is 7. The zero-order chi connectivity index (χ0) is 15.5. The molecule has 0 aromatic heterocycles. The normalized spacial score (nSPS) is 15.9. The molecule has 1 aliphatic rings. The topological polar surface area (TPSA) is 61.4 Å². The summed E-state index contributed by atoms with van der Waals surface area (Å²) < 4.78 is 0. The van der Waals surface area contributed by atoms with Crippen LogP contribution in [0.3, 0.4) is 0 Å². The van der Waals surface area contributed by atoms with E-state index in [1.54, 1.807) is 4.90 Å². The lowest BCUT2D eigenvalue weighted by molar-refractivity contribution is -0.145. The van der Waals surface area contributed by atoms with Crippen LogP contribution in [0.15, 0.2) is 0 Å². The van der Waals surface area contributed by atoms with Gasteiger partial charge < -0.3 is 15.5 Å². The van der Waals surface area contributed by atoms with Crippen LogP contribution < -0.4 is 10.6 Å². The quantitative estimate of drug-likeness (QED) is 0.553. The molecule has 0 unspecified atom stereocenters. The van der Waals surface area contributed by atoms with Gasteiger partial charge in [0.25, 0.3) is 0 Å². The molecule has 1 heterocycles. The van der Waals surface area contributed by atoms with Gasteiger partial charge in [-0.2, -0.15) is 0 Å². The first-order valence-corrected chi connectivity index (χ1v) is 8.39. The van der Waals surface area contributed by atoms with Crippen molar-refractivity contribution in [3.05, 3.63) is 0 Å². The summed E-state index contributed by atoms with van der Waals surface area (Å²) in [5, 5.41) is 5.97. The first kappa shape index (κ1) is 18.0. The Labute approximate surface area is 128 Å². The number of nitrogens with one attached hydrogen (secondary N) is 2. The Morgan fingerprint density at radius 2 is 1.86 bits per heavy atom. The number of nitrogens with zero attached hydrogens (tertiary/aromatic N) is 1. The van der Waals surface area contributed by atoms with Crippen molar-refractivity contribution in [1.29, 1.82) is 0 Å². The van der Waals surface area contributed by atoms with E-state index in [-0.39, 0.29) is 5.91 Å². The summed E-state index contributed by atoms with van der Waals surface area (Å²) in [6, 6.07) is 0. The molecule has 2 amide bonds. The van der Waals surface area contributed by atoms with Crippen LogP contribution in [0.4, 0.5) is 0 Å². The van der Waals surface area contributed by atoms with Gasteiger partial charge in [-0.1, -0.05) is 39.5 Å². The molecule has 1 rings (SSSR count). The van der Waals surface area contributed by atoms with Crippen LogP contribution in [0.2, 0.25) is 0 Å². The van der Waals surface area contributed by atoms with Crippen molar-refractivity contribution in [3.8, 4) is 0 Å². The number of hydrogen-bond acceptors (Lipinski definition) is 3. The van der Waals surface area contributed by atoms with Crippen molar-refractivity contribution in [2.24, 2.45) is 5.92 Å². The van der Waals surface area contributed by atoms with Crippen LogP contribution in [0, 0.1) is 5.92 Å². The molecule has 5 heteroatoms. The van der Waals surface area contributed by atoms with E-state index in [0.717, 1.165) is 38.3 Å². The van der Waals surface area contributed by atoms with Gasteiger partial charge in [-0.05, 0) is 25.3 Å². The number of carbonyl (C=O) groups is 2. The summed E-state index contributed by atoms with van der Waals surface area (Å²) in [4.78, 5) is 25.4. The summed E-state index contributed by atoms with van der Waals surface area (Å²) in [5.74, 6) is -0.0528. The Balaban J connectivity index is 2.08. The summed E-state index contributed by atoms with van der Waals surface area (Å²) in [7, 11) is 0. The van der Waals surface area contributed by atoms with Gasteiger partial charge in [-0.15, -0.1) is 0 Å². The standard InChI is InChI=1S/C16H31N3O2/c1-14(2)8-5-3-4-6-10-18-15(20)16(21)19-12-7-9-17-11-13-19/h14,17H,3-13H2,1-2H3,(H,18,20). The maximum Gasteiger partial charge on any atom is 0.311 e. The Hall–Kier alpha value is -1.10. The van der Waals surface area contributed by atoms with Crippen LogP contribution in [-0.2, 0) is 9.59 Å². The van der Waals surface area contributed by atoms with Crippen molar-refractivity contribution >= 4 is 11.8 Å². The molecule has 0 aromatic rings. The SMILES string of the molecule is CC(C)CCCCCCNC(=O)C(=O)N1CCCNCC1. The monoisotopic (exact) mass is 297 g/mol. The van der Waals surface area contributed by atoms with Crippen LogP contribution in [0.1, 0.15) is 52.4 Å². The predicted molar refractivity (Wildman–Crippen MR) is 85.0 cm³/mol. The third-order valence-corrected chi connectivity index (χ3v) is 3.82. The van der Waals surface area contributed by atoms with E-state index >= 15 is 0 Å². The van der Waals surface area contributed by atoms with Crippen molar-refractivity contribution in [1.82, 2.24) is 15.5 Å². The highest BCUT2D eigenvalue weighted by Crippen LogP contribution is 2.08. The van der Waals surface area contributed by atoms with E-state index in [1.807, 2.05) is 0 Å². The lowest BCUT2D eigenvalue weighted by Crippen LogP contribution is -2.44. The molecule has 1 saturated heterocycles. The Bertz CT molecular complexity index is 311. The fourth-order valence-corrected chi connectivity index (χ4v) is 2.50. The van der Waals surface area contributed by atoms with Gasteiger partial charge in [0, 0.05) is 26.2 Å². The van der Waals surface area contributed by atoms with Crippen LogP contribution >= 0.6 is 0 Å². The van der Waals surface area contributed by atoms with Gasteiger partial charge in [-0.25, -0.2) is 0 Å². The van der Waals surface area contributed by atoms with Gasteiger partial charge in [0.05, 0.1) is 0 Å². The van der Waals surface area contributed by atoms with Gasteiger partial charge in [0.15, 0.2) is 0 Å². The highest BCUT2D eigenvalue weighted by atomic mass is 16.2. The molecule has 2 N–H and O–H groups in total. The van der Waals surface area contributed by atoms with Crippen molar-refractivity contribution in [2.75, 3.05) is 32.7 Å². The lowest BCUT2D eigenvalue weighted by Gasteiger charge is -2.19. The van der Waals surface area contributed by atoms with E-state index in [9.17, 15) is 9.59 Å². The van der Waals surface area contributed by atoms with E-state index < -0.39 is 5.91 Å².